The second kappa shape index (κ2) is 17.5. The van der Waals surface area contributed by atoms with Gasteiger partial charge in [-0.3, -0.25) is 9.69 Å². The lowest BCUT2D eigenvalue weighted by molar-refractivity contribution is -0.0483. The molecule has 2 aliphatic carbocycles. The molecular formula is C47H52Cl2FN5O6S. The van der Waals surface area contributed by atoms with E-state index in [0.29, 0.717) is 5.75 Å². The highest BCUT2D eigenvalue weighted by atomic mass is 35.5. The van der Waals surface area contributed by atoms with E-state index in [9.17, 15) is 18.3 Å². The van der Waals surface area contributed by atoms with Crippen LogP contribution < -0.4 is 19.1 Å². The molecule has 1 saturated heterocycles. The average Bonchev–Trinajstić information content (AvgIpc) is 3.73. The minimum Gasteiger partial charge on any atom is -0.473 e. The Kier molecular flexibility index (Phi) is 12.4. The highest BCUT2D eigenvalue weighted by Gasteiger charge is 2.41. The molecule has 62 heavy (non-hydrogen) atoms. The quantitative estimate of drug-likeness (QED) is 0.112. The number of amides is 1. The van der Waals surface area contributed by atoms with Crippen molar-refractivity contribution in [2.24, 2.45) is 5.41 Å². The van der Waals surface area contributed by atoms with Crippen LogP contribution in [0.3, 0.4) is 0 Å². The SMILES string of the molecule is CC1(C)CCC(CN2CCN(c3ccc(C(=O)NS(=O)(=O)c4cnc(OCC5(F)CCC(C)(O)CC5)c(Cl)c4)c(Oc4cccc5[nH]ccc45)c3)CC2)=C(c2ccc(Cl)cc2)C1. The molecule has 1 amide bonds. The Balaban J connectivity index is 0.984. The number of pyridine rings is 1. The van der Waals surface area contributed by atoms with Gasteiger partial charge in [-0.15, -0.1) is 0 Å². The van der Waals surface area contributed by atoms with Crippen LogP contribution in [0.15, 0.2) is 95.7 Å². The number of carbonyl (C=O) groups is 1. The van der Waals surface area contributed by atoms with Gasteiger partial charge >= 0.3 is 0 Å². The summed E-state index contributed by atoms with van der Waals surface area (Å²) in [7, 11) is -4.49. The molecule has 5 aromatic rings. The van der Waals surface area contributed by atoms with Gasteiger partial charge in [0.05, 0.1) is 17.4 Å². The van der Waals surface area contributed by atoms with E-state index < -0.39 is 27.2 Å². The fraction of sp³-hybridized carbons (Fsp3) is 0.404. The molecule has 3 heterocycles. The molecule has 1 aliphatic heterocycles. The van der Waals surface area contributed by atoms with Gasteiger partial charge in [0.2, 0.25) is 5.88 Å². The summed E-state index contributed by atoms with van der Waals surface area (Å²) in [6.07, 6.45) is 6.78. The number of ether oxygens (including phenoxy) is 2. The number of alkyl halides is 1. The van der Waals surface area contributed by atoms with Crippen molar-refractivity contribution in [2.45, 2.75) is 81.9 Å². The number of aromatic amines is 1. The number of hydrogen-bond donors (Lipinski definition) is 3. The van der Waals surface area contributed by atoms with Crippen molar-refractivity contribution in [3.63, 3.8) is 0 Å². The lowest BCUT2D eigenvalue weighted by Gasteiger charge is -2.39. The number of H-pyrrole nitrogens is 1. The molecule has 1 saturated carbocycles. The topological polar surface area (TPSA) is 137 Å². The van der Waals surface area contributed by atoms with Crippen LogP contribution in [0.4, 0.5) is 10.1 Å². The van der Waals surface area contributed by atoms with Gasteiger partial charge in [0, 0.05) is 66.6 Å². The number of aliphatic hydroxyl groups is 1. The van der Waals surface area contributed by atoms with Crippen LogP contribution in [0.2, 0.25) is 10.0 Å². The maximum atomic E-state index is 15.4. The number of piperazine rings is 1. The van der Waals surface area contributed by atoms with Crippen LogP contribution >= 0.6 is 23.2 Å². The van der Waals surface area contributed by atoms with E-state index >= 15 is 4.39 Å². The lowest BCUT2D eigenvalue weighted by Crippen LogP contribution is -2.47. The Morgan fingerprint density at radius 2 is 1.68 bits per heavy atom. The molecule has 0 spiro atoms. The molecular weight excluding hydrogens is 853 g/mol. The van der Waals surface area contributed by atoms with E-state index in [1.165, 1.54) is 16.7 Å². The number of benzene rings is 3. The fourth-order valence-corrected chi connectivity index (χ4v) is 9.97. The van der Waals surface area contributed by atoms with Crippen molar-refractivity contribution < 1.29 is 32.2 Å². The molecule has 2 aromatic heterocycles. The van der Waals surface area contributed by atoms with Gasteiger partial charge in [0.1, 0.15) is 33.7 Å². The zero-order valence-electron chi connectivity index (χ0n) is 35.1. The predicted octanol–water partition coefficient (Wildman–Crippen LogP) is 9.98. The Morgan fingerprint density at radius 3 is 2.40 bits per heavy atom. The second-order valence-electron chi connectivity index (χ2n) is 18.0. The van der Waals surface area contributed by atoms with E-state index in [1.807, 2.05) is 30.3 Å². The summed E-state index contributed by atoms with van der Waals surface area (Å²) in [5.41, 5.74) is 3.42. The largest absolute Gasteiger partial charge is 0.473 e. The number of nitrogens with one attached hydrogen (secondary N) is 2. The van der Waals surface area contributed by atoms with Gasteiger partial charge in [-0.25, -0.2) is 22.5 Å². The maximum absolute atomic E-state index is 15.4. The Bertz CT molecular complexity index is 2600. The summed E-state index contributed by atoms with van der Waals surface area (Å²) < 4.78 is 56.8. The standard InChI is InChI=1S/C47H52Cl2FN5O6S/c1-45(2)15-13-32(38(27-45)31-7-9-33(48)10-8-31)29-54-21-23-55(24-22-54)34-11-12-37(42(25-34)61-41-6-4-5-40-36(41)14-20-51-40)43(56)53-62(58,59)35-26-39(49)44(52-28-35)60-30-47(50)18-16-46(3,57)17-19-47/h4-12,14,20,25-26,28,51,57H,13,15-19,21-24,27,29-30H2,1-3H3,(H,53,56). The first-order chi connectivity index (χ1) is 29.4. The Morgan fingerprint density at radius 1 is 0.935 bits per heavy atom. The number of aromatic nitrogens is 2. The first-order valence-electron chi connectivity index (χ1n) is 21.0. The second-order valence-corrected chi connectivity index (χ2v) is 20.5. The first-order valence-corrected chi connectivity index (χ1v) is 23.3. The van der Waals surface area contributed by atoms with Gasteiger partial charge in [0.15, 0.2) is 0 Å². The van der Waals surface area contributed by atoms with Crippen LogP contribution in [-0.2, 0) is 10.0 Å². The fourth-order valence-electron chi connectivity index (χ4n) is 8.62. The molecule has 328 valence electrons. The van der Waals surface area contributed by atoms with Crippen molar-refractivity contribution in [1.82, 2.24) is 19.6 Å². The molecule has 3 aromatic carbocycles. The minimum absolute atomic E-state index is 0.00380. The van der Waals surface area contributed by atoms with E-state index in [1.54, 1.807) is 37.4 Å². The summed E-state index contributed by atoms with van der Waals surface area (Å²) in [5, 5.41) is 11.6. The van der Waals surface area contributed by atoms with Crippen LogP contribution in [0.25, 0.3) is 16.5 Å². The van der Waals surface area contributed by atoms with Crippen LogP contribution in [0, 0.1) is 5.41 Å². The van der Waals surface area contributed by atoms with Gasteiger partial charge in [-0.05, 0) is 117 Å². The molecule has 15 heteroatoms. The van der Waals surface area contributed by atoms with Crippen LogP contribution in [-0.4, -0.2) is 84.9 Å². The highest BCUT2D eigenvalue weighted by molar-refractivity contribution is 7.90. The predicted molar refractivity (Wildman–Crippen MR) is 242 cm³/mol. The minimum atomic E-state index is -4.49. The Labute approximate surface area is 372 Å². The van der Waals surface area contributed by atoms with Crippen molar-refractivity contribution >= 4 is 61.3 Å². The van der Waals surface area contributed by atoms with E-state index in [-0.39, 0.29) is 64.8 Å². The monoisotopic (exact) mass is 903 g/mol. The number of nitrogens with zero attached hydrogens (tertiary/aromatic N) is 3. The van der Waals surface area contributed by atoms with E-state index in [4.69, 9.17) is 32.7 Å². The number of allylic oxidation sites excluding steroid dienone is 1. The third-order valence-corrected chi connectivity index (χ3v) is 14.3. The van der Waals surface area contributed by atoms with Crippen molar-refractivity contribution in [2.75, 3.05) is 44.2 Å². The Hall–Kier alpha value is -4.66. The molecule has 2 fully saturated rings. The molecule has 11 nitrogen and oxygen atoms in total. The molecule has 0 atom stereocenters. The third-order valence-electron chi connectivity index (χ3n) is 12.5. The molecule has 0 radical (unpaired) electrons. The summed E-state index contributed by atoms with van der Waals surface area (Å²) in [6, 6.07) is 21.9. The number of fused-ring (bicyclic) bond motifs is 1. The number of anilines is 1. The molecule has 0 bridgehead atoms. The summed E-state index contributed by atoms with van der Waals surface area (Å²) in [5.74, 6) is -0.390. The number of halogens is 3. The van der Waals surface area contributed by atoms with E-state index in [2.05, 4.69) is 50.5 Å². The van der Waals surface area contributed by atoms with Crippen LogP contribution in [0.5, 0.6) is 17.4 Å². The maximum Gasteiger partial charge on any atom is 0.268 e. The van der Waals surface area contributed by atoms with Gasteiger partial charge in [-0.2, -0.15) is 0 Å². The van der Waals surface area contributed by atoms with E-state index in [0.717, 1.165) is 85.9 Å². The van der Waals surface area contributed by atoms with Gasteiger partial charge in [0.25, 0.3) is 15.9 Å². The van der Waals surface area contributed by atoms with Crippen molar-refractivity contribution in [1.29, 1.82) is 0 Å². The molecule has 3 N–H and O–H groups in total. The number of sulfonamides is 1. The van der Waals surface area contributed by atoms with Gasteiger partial charge in [-0.1, -0.05) is 60.8 Å². The van der Waals surface area contributed by atoms with Crippen LogP contribution in [0.1, 0.15) is 81.6 Å². The van der Waals surface area contributed by atoms with Crippen molar-refractivity contribution in [3.8, 4) is 17.4 Å². The van der Waals surface area contributed by atoms with Gasteiger partial charge < -0.3 is 24.5 Å². The van der Waals surface area contributed by atoms with Crippen molar-refractivity contribution in [3.05, 3.63) is 112 Å². The zero-order valence-corrected chi connectivity index (χ0v) is 37.5. The molecule has 8 rings (SSSR count). The third kappa shape index (κ3) is 10.1. The normalized spacial score (nSPS) is 22.1. The molecule has 3 aliphatic rings. The summed E-state index contributed by atoms with van der Waals surface area (Å²) in [6.45, 7) is 10.0. The highest BCUT2D eigenvalue weighted by Crippen LogP contribution is 2.44. The zero-order chi connectivity index (χ0) is 43.9. The number of hydrogen-bond acceptors (Lipinski definition) is 9. The number of rotatable bonds is 12. The number of carbonyl (C=O) groups excluding carboxylic acids is 1. The smallest absolute Gasteiger partial charge is 0.268 e. The summed E-state index contributed by atoms with van der Waals surface area (Å²) in [4.78, 5) is 25.5. The average molecular weight is 905 g/mol. The lowest BCUT2D eigenvalue weighted by atomic mass is 9.72. The molecule has 0 unspecified atom stereocenters. The summed E-state index contributed by atoms with van der Waals surface area (Å²) >= 11 is 12.6. The first kappa shape index (κ1) is 44.0.